The number of aliphatic carboxylic acids is 1. The lowest BCUT2D eigenvalue weighted by atomic mass is 10.0. The van der Waals surface area contributed by atoms with E-state index in [0.29, 0.717) is 17.4 Å². The van der Waals surface area contributed by atoms with Crippen molar-refractivity contribution in [1.29, 1.82) is 0 Å². The van der Waals surface area contributed by atoms with E-state index in [1.807, 2.05) is 21.1 Å². The van der Waals surface area contributed by atoms with Crippen LogP contribution in [0.25, 0.3) is 0 Å². The summed E-state index contributed by atoms with van der Waals surface area (Å²) in [6.07, 6.45) is 103. The van der Waals surface area contributed by atoms with Crippen molar-refractivity contribution in [1.82, 2.24) is 0 Å². The van der Waals surface area contributed by atoms with E-state index in [1.165, 1.54) is 193 Å². The van der Waals surface area contributed by atoms with Crippen molar-refractivity contribution in [2.75, 3.05) is 47.5 Å². The Kier molecular flexibility index (Phi) is 69.6. The lowest BCUT2D eigenvalue weighted by Gasteiger charge is -2.26. The standard InChI is InChI=1S/C84H143NO8/c1-6-8-10-12-14-16-18-20-22-24-26-28-30-32-34-36-38-40-41-43-44-46-48-50-52-54-56-58-60-62-64-66-68-70-72-74-81(86)91-78-80(79-92-84(83(88)89)90-77-76-85(3,4)5)93-82(87)75-73-71-69-67-65-63-61-59-57-55-53-51-49-47-45-42-39-37-35-33-31-29-27-25-23-21-19-17-15-13-11-9-7-2/h9,11,15,17,21,23-24,26-27,29,33,35,39,42,47,49,53,55,59,61,65,67,80,84H,6-8,10,12-14,16,18-20,22,25,28,30-32,34,36-38,40-41,43-46,48,50-52,54,56-58,60,62-64,66,68-79H2,1-5H3/b11-9-,17-15-,23-21-,26-24-,29-27-,35-33-,42-39-,49-47-,55-53-,61-59-,67-65-. The SMILES string of the molecule is CC/C=C\C/C=C\C/C=C\C/C=C\C/C=C\C/C=C\C/C=C\C/C=C\C/C=C\C/C=C\CCCCC(=O)OC(COC(=O)CCCCCCCCCCCCCCCCCCCCCCCCC/C=C\CCCCCCCCCC)COC(OCC[N+](C)(C)C)C(=O)[O-]. The highest BCUT2D eigenvalue weighted by Crippen LogP contribution is 2.18. The van der Waals surface area contributed by atoms with Crippen LogP contribution in [0.5, 0.6) is 0 Å². The third-order valence-corrected chi connectivity index (χ3v) is 16.4. The van der Waals surface area contributed by atoms with Crippen LogP contribution in [-0.4, -0.2) is 82.3 Å². The minimum Gasteiger partial charge on any atom is -0.545 e. The zero-order valence-electron chi connectivity index (χ0n) is 60.8. The van der Waals surface area contributed by atoms with E-state index >= 15 is 0 Å². The zero-order chi connectivity index (χ0) is 67.5. The summed E-state index contributed by atoms with van der Waals surface area (Å²) in [4.78, 5) is 37.5. The average Bonchev–Trinajstić information content (AvgIpc) is 3.74. The molecule has 0 saturated carbocycles. The molecule has 0 aromatic rings. The predicted octanol–water partition coefficient (Wildman–Crippen LogP) is 23.1. The largest absolute Gasteiger partial charge is 0.545 e. The minimum absolute atomic E-state index is 0.133. The van der Waals surface area contributed by atoms with Crippen molar-refractivity contribution >= 4 is 17.9 Å². The smallest absolute Gasteiger partial charge is 0.306 e. The van der Waals surface area contributed by atoms with Crippen LogP contribution in [-0.2, 0) is 33.3 Å². The van der Waals surface area contributed by atoms with Crippen LogP contribution in [0.3, 0.4) is 0 Å². The lowest BCUT2D eigenvalue weighted by Crippen LogP contribution is -2.44. The molecule has 532 valence electrons. The molecule has 0 aliphatic rings. The fraction of sp³-hybridized carbons (Fsp3) is 0.702. The number of carbonyl (C=O) groups excluding carboxylic acids is 3. The van der Waals surface area contributed by atoms with Crippen LogP contribution in [0.2, 0.25) is 0 Å². The first kappa shape index (κ1) is 88.4. The maximum Gasteiger partial charge on any atom is 0.306 e. The Bertz CT molecular complexity index is 2000. The van der Waals surface area contributed by atoms with Gasteiger partial charge in [-0.25, -0.2) is 0 Å². The fourth-order valence-electron chi connectivity index (χ4n) is 10.6. The van der Waals surface area contributed by atoms with Gasteiger partial charge >= 0.3 is 11.9 Å². The van der Waals surface area contributed by atoms with Gasteiger partial charge in [0, 0.05) is 12.8 Å². The molecular formula is C84H143NO8. The maximum atomic E-state index is 12.9. The van der Waals surface area contributed by atoms with Crippen LogP contribution in [0.15, 0.2) is 134 Å². The second-order valence-electron chi connectivity index (χ2n) is 26.6. The second-order valence-corrected chi connectivity index (χ2v) is 26.6. The number of esters is 2. The molecule has 0 aromatic carbocycles. The van der Waals surface area contributed by atoms with Gasteiger partial charge in [0.2, 0.25) is 0 Å². The Morgan fingerprint density at radius 2 is 0.613 bits per heavy atom. The number of nitrogens with zero attached hydrogens (tertiary/aromatic N) is 1. The number of carboxylic acids is 1. The van der Waals surface area contributed by atoms with Crippen molar-refractivity contribution in [2.45, 2.75) is 334 Å². The molecule has 9 heteroatoms. The first-order valence-electron chi connectivity index (χ1n) is 38.3. The maximum absolute atomic E-state index is 12.9. The number of likely N-dealkylation sites (N-methyl/N-ethyl adjacent to an activating group) is 1. The molecule has 0 aliphatic carbocycles. The summed E-state index contributed by atoms with van der Waals surface area (Å²) in [5.74, 6) is -2.34. The van der Waals surface area contributed by atoms with Crippen LogP contribution in [0, 0.1) is 0 Å². The Morgan fingerprint density at radius 1 is 0.333 bits per heavy atom. The summed E-state index contributed by atoms with van der Waals surface area (Å²) in [6.45, 7) is 4.60. The molecule has 0 aliphatic heterocycles. The number of carboxylic acid groups (broad SMARTS) is 1. The molecule has 0 radical (unpaired) electrons. The Labute approximate surface area is 573 Å². The topological polar surface area (TPSA) is 111 Å². The third kappa shape index (κ3) is 74.7. The van der Waals surface area contributed by atoms with Gasteiger partial charge < -0.3 is 33.3 Å². The van der Waals surface area contributed by atoms with E-state index < -0.39 is 24.3 Å². The molecule has 2 unspecified atom stereocenters. The number of quaternary nitrogens is 1. The van der Waals surface area contributed by atoms with E-state index in [9.17, 15) is 19.5 Å². The number of hydrogen-bond acceptors (Lipinski definition) is 8. The Morgan fingerprint density at radius 3 is 0.946 bits per heavy atom. The third-order valence-electron chi connectivity index (χ3n) is 16.4. The number of carbonyl (C=O) groups is 3. The summed E-state index contributed by atoms with van der Waals surface area (Å²) in [5, 5.41) is 11.8. The van der Waals surface area contributed by atoms with E-state index in [4.69, 9.17) is 18.9 Å². The second kappa shape index (κ2) is 73.2. The van der Waals surface area contributed by atoms with Gasteiger partial charge in [-0.3, -0.25) is 9.59 Å². The minimum atomic E-state index is -1.64. The van der Waals surface area contributed by atoms with Crippen molar-refractivity contribution in [3.05, 3.63) is 134 Å². The Hall–Kier alpha value is -4.57. The highest BCUT2D eigenvalue weighted by molar-refractivity contribution is 5.70. The van der Waals surface area contributed by atoms with Crippen molar-refractivity contribution in [2.24, 2.45) is 0 Å². The average molecular weight is 1300 g/mol. The number of rotatable bonds is 70. The number of allylic oxidation sites excluding steroid dienone is 22. The molecule has 0 bridgehead atoms. The molecule has 2 atom stereocenters. The molecule has 0 aromatic heterocycles. The molecule has 0 spiro atoms. The molecule has 0 heterocycles. The molecule has 0 amide bonds. The van der Waals surface area contributed by atoms with Crippen molar-refractivity contribution in [3.63, 3.8) is 0 Å². The molecule has 0 saturated heterocycles. The summed E-state index contributed by atoms with van der Waals surface area (Å²) < 4.78 is 22.8. The summed E-state index contributed by atoms with van der Waals surface area (Å²) in [7, 11) is 5.91. The van der Waals surface area contributed by atoms with E-state index in [2.05, 4.69) is 148 Å². The number of unbranched alkanes of at least 4 members (excludes halogenated alkanes) is 33. The molecular weight excluding hydrogens is 1150 g/mol. The van der Waals surface area contributed by atoms with E-state index in [0.717, 1.165) is 96.3 Å². The summed E-state index contributed by atoms with van der Waals surface area (Å²) in [5.41, 5.74) is 0. The zero-order valence-corrected chi connectivity index (χ0v) is 60.8. The summed E-state index contributed by atoms with van der Waals surface area (Å²) >= 11 is 0. The van der Waals surface area contributed by atoms with Crippen LogP contribution in [0.4, 0.5) is 0 Å². The van der Waals surface area contributed by atoms with Gasteiger partial charge in [-0.15, -0.1) is 0 Å². The Balaban J connectivity index is 4.15. The van der Waals surface area contributed by atoms with Gasteiger partial charge in [-0.1, -0.05) is 327 Å². The monoisotopic (exact) mass is 1290 g/mol. The summed E-state index contributed by atoms with van der Waals surface area (Å²) in [6, 6.07) is 0. The van der Waals surface area contributed by atoms with E-state index in [-0.39, 0.29) is 38.6 Å². The van der Waals surface area contributed by atoms with E-state index in [1.54, 1.807) is 0 Å². The van der Waals surface area contributed by atoms with Crippen molar-refractivity contribution in [3.8, 4) is 0 Å². The fourth-order valence-corrected chi connectivity index (χ4v) is 10.6. The van der Waals surface area contributed by atoms with Gasteiger partial charge in [0.15, 0.2) is 12.4 Å². The molecule has 0 fully saturated rings. The lowest BCUT2D eigenvalue weighted by molar-refractivity contribution is -0.870. The highest BCUT2D eigenvalue weighted by atomic mass is 16.7. The van der Waals surface area contributed by atoms with Gasteiger partial charge in [0.25, 0.3) is 0 Å². The molecule has 93 heavy (non-hydrogen) atoms. The molecule has 0 rings (SSSR count). The molecule has 9 nitrogen and oxygen atoms in total. The van der Waals surface area contributed by atoms with Gasteiger partial charge in [0.1, 0.15) is 13.2 Å². The van der Waals surface area contributed by atoms with Crippen LogP contribution in [0.1, 0.15) is 322 Å². The quantitative estimate of drug-likeness (QED) is 0.0195. The number of ether oxygens (including phenoxy) is 4. The van der Waals surface area contributed by atoms with Gasteiger partial charge in [-0.05, 0) is 116 Å². The van der Waals surface area contributed by atoms with Crippen LogP contribution >= 0.6 is 0 Å². The number of hydrogen-bond donors (Lipinski definition) is 0. The highest BCUT2D eigenvalue weighted by Gasteiger charge is 2.22. The normalized spacial score (nSPS) is 13.4. The first-order chi connectivity index (χ1) is 45.6. The molecule has 0 N–H and O–H groups in total. The van der Waals surface area contributed by atoms with Gasteiger partial charge in [0.05, 0.1) is 40.3 Å². The van der Waals surface area contributed by atoms with Gasteiger partial charge in [-0.2, -0.15) is 0 Å². The predicted molar refractivity (Wildman–Crippen MR) is 398 cm³/mol. The van der Waals surface area contributed by atoms with Crippen molar-refractivity contribution < 1.29 is 42.9 Å². The van der Waals surface area contributed by atoms with Crippen LogP contribution < -0.4 is 5.11 Å². The first-order valence-corrected chi connectivity index (χ1v) is 38.3.